The van der Waals surface area contributed by atoms with Crippen LogP contribution in [0.1, 0.15) is 32.6 Å². The fraction of sp³-hybridized carbons (Fsp3) is 0.571. The molecule has 0 aliphatic carbocycles. The number of nitrogens with one attached hydrogen (secondary N) is 2. The van der Waals surface area contributed by atoms with Crippen molar-refractivity contribution < 1.29 is 34.1 Å². The van der Waals surface area contributed by atoms with E-state index in [0.717, 1.165) is 0 Å². The first kappa shape index (κ1) is 21.8. The molecule has 0 radical (unpaired) electrons. The number of amides is 2. The molecule has 11 nitrogen and oxygen atoms in total. The van der Waals surface area contributed by atoms with Gasteiger partial charge in [0, 0.05) is 13.0 Å². The van der Waals surface area contributed by atoms with Gasteiger partial charge in [0.05, 0.1) is 18.2 Å². The summed E-state index contributed by atoms with van der Waals surface area (Å²) in [5, 5.41) is 39.7. The molecule has 0 heterocycles. The van der Waals surface area contributed by atoms with Gasteiger partial charge in [0.15, 0.2) is 0 Å². The molecule has 0 aliphatic heterocycles. The molecule has 0 spiro atoms. The standard InChI is InChI=1S/C14H18N4O7/c1-2-25-14(13(23)24,18-11(20)6-8-16)9(3-4-12(21)22)17-10(19)5-7-15/h9H,2-6H2,1H3,(H,17,19)(H,18,20)(H,21,22)(H,23,24). The average Bonchev–Trinajstić information content (AvgIpc) is 2.51. The van der Waals surface area contributed by atoms with E-state index in [1.165, 1.54) is 13.0 Å². The van der Waals surface area contributed by atoms with Gasteiger partial charge in [-0.15, -0.1) is 0 Å². The van der Waals surface area contributed by atoms with E-state index in [1.807, 2.05) is 5.32 Å². The second-order valence-corrected chi connectivity index (χ2v) is 4.74. The number of rotatable bonds is 11. The summed E-state index contributed by atoms with van der Waals surface area (Å²) in [6.45, 7) is 1.23. The van der Waals surface area contributed by atoms with E-state index in [9.17, 15) is 24.3 Å². The fourth-order valence-corrected chi connectivity index (χ4v) is 2.00. The van der Waals surface area contributed by atoms with Crippen molar-refractivity contribution in [1.82, 2.24) is 10.6 Å². The van der Waals surface area contributed by atoms with Crippen LogP contribution in [0.2, 0.25) is 0 Å². The molecule has 0 fully saturated rings. The zero-order valence-electron chi connectivity index (χ0n) is 13.4. The molecule has 0 aromatic rings. The van der Waals surface area contributed by atoms with Crippen molar-refractivity contribution in [3.05, 3.63) is 0 Å². The minimum Gasteiger partial charge on any atom is -0.481 e. The van der Waals surface area contributed by atoms with Crippen LogP contribution in [0.15, 0.2) is 0 Å². The Hall–Kier alpha value is -3.18. The van der Waals surface area contributed by atoms with Crippen LogP contribution >= 0.6 is 0 Å². The molecule has 0 rings (SSSR count). The normalized spacial score (nSPS) is 13.4. The van der Waals surface area contributed by atoms with Crippen LogP contribution in [-0.2, 0) is 23.9 Å². The lowest BCUT2D eigenvalue weighted by molar-refractivity contribution is -0.180. The molecule has 0 saturated heterocycles. The molecule has 0 aliphatic rings. The van der Waals surface area contributed by atoms with Crippen LogP contribution in [0.3, 0.4) is 0 Å². The van der Waals surface area contributed by atoms with E-state index < -0.39 is 61.2 Å². The summed E-state index contributed by atoms with van der Waals surface area (Å²) in [5.41, 5.74) is -2.48. The van der Waals surface area contributed by atoms with Crippen molar-refractivity contribution in [2.45, 2.75) is 44.4 Å². The molecular weight excluding hydrogens is 336 g/mol. The number of nitrogens with zero attached hydrogens (tertiary/aromatic N) is 2. The predicted octanol–water partition coefficient (Wildman–Crippen LogP) is -0.903. The lowest BCUT2D eigenvalue weighted by Crippen LogP contribution is -2.68. The molecule has 2 amide bonds. The molecule has 0 aromatic carbocycles. The molecule has 0 bridgehead atoms. The summed E-state index contributed by atoms with van der Waals surface area (Å²) in [6, 6.07) is 1.62. The van der Waals surface area contributed by atoms with Gasteiger partial charge >= 0.3 is 11.9 Å². The lowest BCUT2D eigenvalue weighted by atomic mass is 9.97. The van der Waals surface area contributed by atoms with E-state index in [-0.39, 0.29) is 6.61 Å². The number of hydrogen-bond acceptors (Lipinski definition) is 7. The molecule has 0 saturated carbocycles. The summed E-state index contributed by atoms with van der Waals surface area (Å²) in [7, 11) is 0. The molecule has 2 unspecified atom stereocenters. The summed E-state index contributed by atoms with van der Waals surface area (Å²) < 4.78 is 5.15. The Kier molecular flexibility index (Phi) is 9.22. The van der Waals surface area contributed by atoms with E-state index >= 15 is 0 Å². The SMILES string of the molecule is CCOC(NC(=O)CC#N)(C(=O)O)C(CCC(=O)O)NC(=O)CC#N. The predicted molar refractivity (Wildman–Crippen MR) is 79.4 cm³/mol. The molecule has 2 atom stereocenters. The molecule has 136 valence electrons. The van der Waals surface area contributed by atoms with Crippen LogP contribution < -0.4 is 10.6 Å². The van der Waals surface area contributed by atoms with E-state index in [4.69, 9.17) is 20.4 Å². The summed E-state index contributed by atoms with van der Waals surface area (Å²) >= 11 is 0. The number of carbonyl (C=O) groups is 4. The second kappa shape index (κ2) is 10.6. The van der Waals surface area contributed by atoms with Crippen molar-refractivity contribution in [3.63, 3.8) is 0 Å². The highest BCUT2D eigenvalue weighted by Crippen LogP contribution is 2.19. The van der Waals surface area contributed by atoms with E-state index in [0.29, 0.717) is 0 Å². The molecule has 11 heteroatoms. The van der Waals surface area contributed by atoms with Crippen LogP contribution in [-0.4, -0.2) is 52.3 Å². The Morgan fingerprint density at radius 2 is 1.68 bits per heavy atom. The number of carboxylic acids is 2. The van der Waals surface area contributed by atoms with Crippen molar-refractivity contribution in [2.24, 2.45) is 0 Å². The average molecular weight is 354 g/mol. The van der Waals surface area contributed by atoms with Gasteiger partial charge < -0.3 is 25.6 Å². The summed E-state index contributed by atoms with van der Waals surface area (Å²) in [4.78, 5) is 46.0. The van der Waals surface area contributed by atoms with E-state index in [2.05, 4.69) is 5.32 Å². The number of aliphatic carboxylic acids is 2. The first-order chi connectivity index (χ1) is 11.7. The Morgan fingerprint density at radius 1 is 1.12 bits per heavy atom. The van der Waals surface area contributed by atoms with Gasteiger partial charge in [-0.25, -0.2) is 4.79 Å². The smallest absolute Gasteiger partial charge is 0.359 e. The number of carbonyl (C=O) groups excluding carboxylic acids is 2. The Bertz CT molecular complexity index is 607. The van der Waals surface area contributed by atoms with Crippen LogP contribution in [0.4, 0.5) is 0 Å². The number of carboxylic acid groups (broad SMARTS) is 2. The first-order valence-electron chi connectivity index (χ1n) is 7.16. The Balaban J connectivity index is 5.82. The summed E-state index contributed by atoms with van der Waals surface area (Å²) in [5.74, 6) is -4.79. The van der Waals surface area contributed by atoms with Crippen molar-refractivity contribution >= 4 is 23.8 Å². The Labute approximate surface area is 143 Å². The van der Waals surface area contributed by atoms with Gasteiger partial charge in [-0.05, 0) is 13.3 Å². The van der Waals surface area contributed by atoms with Crippen molar-refractivity contribution in [3.8, 4) is 12.1 Å². The maximum atomic E-state index is 11.8. The topological polar surface area (TPSA) is 190 Å². The molecule has 0 aromatic heterocycles. The molecular formula is C14H18N4O7. The van der Waals surface area contributed by atoms with Crippen molar-refractivity contribution in [2.75, 3.05) is 6.61 Å². The Morgan fingerprint density at radius 3 is 2.12 bits per heavy atom. The number of ether oxygens (including phenoxy) is 1. The highest BCUT2D eigenvalue weighted by Gasteiger charge is 2.49. The van der Waals surface area contributed by atoms with Crippen LogP contribution in [0.5, 0.6) is 0 Å². The maximum absolute atomic E-state index is 11.8. The fourth-order valence-electron chi connectivity index (χ4n) is 2.00. The van der Waals surface area contributed by atoms with Crippen LogP contribution in [0, 0.1) is 22.7 Å². The second-order valence-electron chi connectivity index (χ2n) is 4.74. The maximum Gasteiger partial charge on any atom is 0.359 e. The van der Waals surface area contributed by atoms with Crippen LogP contribution in [0.25, 0.3) is 0 Å². The van der Waals surface area contributed by atoms with Gasteiger partial charge in [-0.3, -0.25) is 14.4 Å². The van der Waals surface area contributed by atoms with Gasteiger partial charge in [0.25, 0.3) is 5.72 Å². The zero-order chi connectivity index (χ0) is 19.5. The molecule has 4 N–H and O–H groups in total. The van der Waals surface area contributed by atoms with Gasteiger partial charge in [0.1, 0.15) is 12.8 Å². The monoisotopic (exact) mass is 354 g/mol. The number of hydrogen-bond donors (Lipinski definition) is 4. The zero-order valence-corrected chi connectivity index (χ0v) is 13.4. The third kappa shape index (κ3) is 6.85. The quantitative estimate of drug-likeness (QED) is 0.340. The highest BCUT2D eigenvalue weighted by atomic mass is 16.5. The number of nitriles is 2. The highest BCUT2D eigenvalue weighted by molar-refractivity contribution is 5.88. The minimum atomic E-state index is -2.48. The first-order valence-corrected chi connectivity index (χ1v) is 7.16. The largest absolute Gasteiger partial charge is 0.481 e. The van der Waals surface area contributed by atoms with Crippen molar-refractivity contribution in [1.29, 1.82) is 10.5 Å². The van der Waals surface area contributed by atoms with E-state index in [1.54, 1.807) is 6.07 Å². The van der Waals surface area contributed by atoms with Gasteiger partial charge in [-0.2, -0.15) is 10.5 Å². The lowest BCUT2D eigenvalue weighted by Gasteiger charge is -2.37. The minimum absolute atomic E-state index is 0.198. The summed E-state index contributed by atoms with van der Waals surface area (Å²) in [6.07, 6.45) is -2.20. The van der Waals surface area contributed by atoms with Gasteiger partial charge in [0.2, 0.25) is 11.8 Å². The van der Waals surface area contributed by atoms with Gasteiger partial charge in [-0.1, -0.05) is 0 Å². The molecule has 25 heavy (non-hydrogen) atoms. The third-order valence-electron chi connectivity index (χ3n) is 2.97. The third-order valence-corrected chi connectivity index (χ3v) is 2.97.